The van der Waals surface area contributed by atoms with Crippen molar-refractivity contribution in [2.24, 2.45) is 5.92 Å². The van der Waals surface area contributed by atoms with Crippen LogP contribution in [0.1, 0.15) is 49.4 Å². The van der Waals surface area contributed by atoms with E-state index in [1.165, 1.54) is 0 Å². The normalized spacial score (nSPS) is 12.0. The number of carbonyl (C=O) groups excluding carboxylic acids is 1. The van der Waals surface area contributed by atoms with E-state index in [2.05, 4.69) is 45.7 Å². The molecule has 0 saturated carbocycles. The number of hydrogen-bond acceptors (Lipinski definition) is 5. The maximum Gasteiger partial charge on any atom is 0.266 e. The minimum atomic E-state index is -0.545. The second-order valence-electron chi connectivity index (χ2n) is 9.66. The van der Waals surface area contributed by atoms with Crippen molar-refractivity contribution in [3.05, 3.63) is 91.4 Å². The molecule has 0 saturated heterocycles. The average Bonchev–Trinajstić information content (AvgIpc) is 2.93. The number of nitrogens with zero attached hydrogens (tertiary/aromatic N) is 3. The Kier molecular flexibility index (Phi) is 9.12. The van der Waals surface area contributed by atoms with Crippen LogP contribution in [0.2, 0.25) is 0 Å². The van der Waals surface area contributed by atoms with E-state index < -0.39 is 6.04 Å². The van der Waals surface area contributed by atoms with E-state index in [9.17, 15) is 9.59 Å². The van der Waals surface area contributed by atoms with E-state index in [4.69, 9.17) is 14.5 Å². The van der Waals surface area contributed by atoms with Crippen molar-refractivity contribution < 1.29 is 14.3 Å². The molecule has 39 heavy (non-hydrogen) atoms. The Morgan fingerprint density at radius 2 is 1.74 bits per heavy atom. The number of para-hydroxylation sites is 1. The molecule has 1 heterocycles. The number of rotatable bonds is 9. The molecule has 0 aliphatic heterocycles. The number of aromatic nitrogens is 2. The Morgan fingerprint density at radius 3 is 2.41 bits per heavy atom. The lowest BCUT2D eigenvalue weighted by Gasteiger charge is -2.31. The summed E-state index contributed by atoms with van der Waals surface area (Å²) >= 11 is 7.11. The Morgan fingerprint density at radius 1 is 1.00 bits per heavy atom. The number of ether oxygens (including phenoxy) is 2. The fraction of sp³-hybridized carbons (Fsp3) is 0.300. The third kappa shape index (κ3) is 6.04. The maximum atomic E-state index is 14.1. The molecule has 4 aromatic rings. The quantitative estimate of drug-likeness (QED) is 0.191. The first kappa shape index (κ1) is 28.8. The van der Waals surface area contributed by atoms with Crippen LogP contribution in [0.25, 0.3) is 16.6 Å². The van der Waals surface area contributed by atoms with Crippen molar-refractivity contribution in [1.82, 2.24) is 14.5 Å². The van der Waals surface area contributed by atoms with Gasteiger partial charge in [0.1, 0.15) is 17.3 Å². The predicted molar refractivity (Wildman–Crippen MR) is 161 cm³/mol. The van der Waals surface area contributed by atoms with Gasteiger partial charge in [-0.25, -0.2) is 4.98 Å². The summed E-state index contributed by atoms with van der Waals surface area (Å²) in [4.78, 5) is 34.8. The molecule has 0 fully saturated rings. The molecule has 1 amide bonds. The second kappa shape index (κ2) is 12.3. The van der Waals surface area contributed by atoms with E-state index in [1.54, 1.807) is 48.0 Å². The summed E-state index contributed by atoms with van der Waals surface area (Å²) in [6.07, 6.45) is 0.790. The van der Waals surface area contributed by atoms with Crippen LogP contribution in [0.15, 0.2) is 74.4 Å². The van der Waals surface area contributed by atoms with Crippen LogP contribution in [0.4, 0.5) is 0 Å². The molecule has 0 aliphatic rings. The monoisotopic (exact) mass is 655 g/mol. The molecule has 0 N–H and O–H groups in total. The summed E-state index contributed by atoms with van der Waals surface area (Å²) < 4.78 is 14.0. The third-order valence-electron chi connectivity index (χ3n) is 6.61. The lowest BCUT2D eigenvalue weighted by atomic mass is 10.1. The first-order chi connectivity index (χ1) is 18.7. The van der Waals surface area contributed by atoms with Crippen molar-refractivity contribution in [2.45, 2.75) is 33.2 Å². The standard InChI is InChI=1S/C30H31Br2N3O4/c1-18(2)13-14-34(29(36)20-9-8-10-21(31)15-20)19(3)28-33-24-12-7-6-11-23(24)30(37)35(28)25-16-22(38-4)17-26(39-5)27(25)32/h6-12,15-19H,13-14H2,1-5H3. The zero-order chi connectivity index (χ0) is 28.3. The second-order valence-corrected chi connectivity index (χ2v) is 11.4. The molecule has 0 aliphatic carbocycles. The molecule has 1 aromatic heterocycles. The zero-order valence-electron chi connectivity index (χ0n) is 22.6. The molecular formula is C30H31Br2N3O4. The van der Waals surface area contributed by atoms with Crippen molar-refractivity contribution in [3.8, 4) is 17.2 Å². The summed E-state index contributed by atoms with van der Waals surface area (Å²) in [7, 11) is 3.11. The van der Waals surface area contributed by atoms with Gasteiger partial charge in [0.15, 0.2) is 0 Å². The summed E-state index contributed by atoms with van der Waals surface area (Å²) in [5.74, 6) is 1.69. The van der Waals surface area contributed by atoms with Crippen LogP contribution in [-0.2, 0) is 0 Å². The molecule has 9 heteroatoms. The van der Waals surface area contributed by atoms with Gasteiger partial charge in [0.25, 0.3) is 11.5 Å². The zero-order valence-corrected chi connectivity index (χ0v) is 25.7. The van der Waals surface area contributed by atoms with Crippen molar-refractivity contribution >= 4 is 48.7 Å². The summed E-state index contributed by atoms with van der Waals surface area (Å²) in [6.45, 7) is 6.65. The molecule has 0 spiro atoms. The van der Waals surface area contributed by atoms with E-state index in [0.29, 0.717) is 56.4 Å². The minimum Gasteiger partial charge on any atom is -0.497 e. The van der Waals surface area contributed by atoms with Crippen molar-refractivity contribution in [3.63, 3.8) is 0 Å². The highest BCUT2D eigenvalue weighted by molar-refractivity contribution is 9.11. The van der Waals surface area contributed by atoms with Crippen molar-refractivity contribution in [2.75, 3.05) is 20.8 Å². The van der Waals surface area contributed by atoms with Gasteiger partial charge >= 0.3 is 0 Å². The largest absolute Gasteiger partial charge is 0.497 e. The summed E-state index contributed by atoms with van der Waals surface area (Å²) in [5, 5.41) is 0.467. The van der Waals surface area contributed by atoms with Crippen molar-refractivity contribution in [1.29, 1.82) is 0 Å². The summed E-state index contributed by atoms with van der Waals surface area (Å²) in [5.41, 5.74) is 1.37. The fourth-order valence-corrected chi connectivity index (χ4v) is 5.41. The highest BCUT2D eigenvalue weighted by Gasteiger charge is 2.29. The van der Waals surface area contributed by atoms with Gasteiger partial charge in [0.05, 0.1) is 41.3 Å². The summed E-state index contributed by atoms with van der Waals surface area (Å²) in [6, 6.07) is 17.5. The molecule has 0 bridgehead atoms. The Labute approximate surface area is 245 Å². The Balaban J connectivity index is 1.98. The number of halogens is 2. The molecule has 3 aromatic carbocycles. The fourth-order valence-electron chi connectivity index (χ4n) is 4.45. The Bertz CT molecular complexity index is 1570. The average molecular weight is 657 g/mol. The predicted octanol–water partition coefficient (Wildman–Crippen LogP) is 7.18. The first-order valence-corrected chi connectivity index (χ1v) is 14.2. The lowest BCUT2D eigenvalue weighted by Crippen LogP contribution is -2.38. The minimum absolute atomic E-state index is 0.138. The number of fused-ring (bicyclic) bond motifs is 1. The molecule has 1 atom stereocenters. The van der Waals surface area contributed by atoms with Crippen LogP contribution in [0.3, 0.4) is 0 Å². The Hall–Kier alpha value is -3.17. The molecular weight excluding hydrogens is 626 g/mol. The highest BCUT2D eigenvalue weighted by atomic mass is 79.9. The molecule has 4 rings (SSSR count). The van der Waals surface area contributed by atoms with Crippen LogP contribution in [0.5, 0.6) is 11.5 Å². The van der Waals surface area contributed by atoms with Crippen LogP contribution in [-0.4, -0.2) is 41.1 Å². The van der Waals surface area contributed by atoms with E-state index in [1.807, 2.05) is 43.3 Å². The number of hydrogen-bond donors (Lipinski definition) is 0. The number of amides is 1. The third-order valence-corrected chi connectivity index (χ3v) is 7.90. The van der Waals surface area contributed by atoms with Crippen LogP contribution < -0.4 is 15.0 Å². The molecule has 0 radical (unpaired) electrons. The van der Waals surface area contributed by atoms with Gasteiger partial charge in [-0.1, -0.05) is 48.0 Å². The van der Waals surface area contributed by atoms with Gasteiger partial charge in [-0.15, -0.1) is 0 Å². The number of methoxy groups -OCH3 is 2. The SMILES string of the molecule is COc1cc(OC)c(Br)c(-n2c(C(C)N(CCC(C)C)C(=O)c3cccc(Br)c3)nc3ccccc3c2=O)c1. The molecule has 204 valence electrons. The van der Waals surface area contributed by atoms with Crippen LogP contribution in [0, 0.1) is 5.92 Å². The maximum absolute atomic E-state index is 14.1. The van der Waals surface area contributed by atoms with E-state index >= 15 is 0 Å². The number of carbonyl (C=O) groups is 1. The highest BCUT2D eigenvalue weighted by Crippen LogP contribution is 2.37. The van der Waals surface area contributed by atoms with Crippen LogP contribution >= 0.6 is 31.9 Å². The first-order valence-electron chi connectivity index (χ1n) is 12.7. The van der Waals surface area contributed by atoms with Gasteiger partial charge in [-0.05, 0) is 65.5 Å². The van der Waals surface area contributed by atoms with E-state index in [0.717, 1.165) is 10.9 Å². The van der Waals surface area contributed by atoms with Gasteiger partial charge in [-0.2, -0.15) is 0 Å². The molecule has 1 unspecified atom stereocenters. The number of benzene rings is 3. The van der Waals surface area contributed by atoms with E-state index in [-0.39, 0.29) is 11.5 Å². The topological polar surface area (TPSA) is 73.7 Å². The van der Waals surface area contributed by atoms with Gasteiger partial charge in [0.2, 0.25) is 0 Å². The van der Waals surface area contributed by atoms with Gasteiger partial charge < -0.3 is 14.4 Å². The van der Waals surface area contributed by atoms with Gasteiger partial charge in [0, 0.05) is 28.7 Å². The van der Waals surface area contributed by atoms with Gasteiger partial charge in [-0.3, -0.25) is 14.2 Å². The lowest BCUT2D eigenvalue weighted by molar-refractivity contribution is 0.0671. The molecule has 7 nitrogen and oxygen atoms in total. The smallest absolute Gasteiger partial charge is 0.266 e.